The van der Waals surface area contributed by atoms with E-state index in [0.29, 0.717) is 0 Å². The number of nitrogens with zero attached hydrogens (tertiary/aromatic N) is 1. The highest BCUT2D eigenvalue weighted by molar-refractivity contribution is 7.83. The zero-order chi connectivity index (χ0) is 9.23. The maximum Gasteiger partial charge on any atom is 0.336 e. The molecule has 0 radical (unpaired) electrons. The molecule has 11 heavy (non-hydrogen) atoms. The van der Waals surface area contributed by atoms with Crippen molar-refractivity contribution in [3.63, 3.8) is 0 Å². The van der Waals surface area contributed by atoms with Crippen LogP contribution < -0.4 is 0 Å². The van der Waals surface area contributed by atoms with Crippen LogP contribution in [-0.4, -0.2) is 29.4 Å². The van der Waals surface area contributed by atoms with E-state index in [1.165, 1.54) is 0 Å². The molecule has 0 amide bonds. The summed E-state index contributed by atoms with van der Waals surface area (Å²) >= 11 is 0. The Morgan fingerprint density at radius 3 is 1.36 bits per heavy atom. The van der Waals surface area contributed by atoms with E-state index in [1.807, 2.05) is 0 Å². The van der Waals surface area contributed by atoms with Gasteiger partial charge in [0.1, 0.15) is 0 Å². The summed E-state index contributed by atoms with van der Waals surface area (Å²) in [5.41, 5.74) is 0. The molecule has 0 aromatic heterocycles. The molecular formula is C6H15NO3S. The Bertz CT molecular complexity index is 200. The molecule has 0 saturated carbocycles. The summed E-state index contributed by atoms with van der Waals surface area (Å²) in [7, 11) is -4.03. The van der Waals surface area contributed by atoms with Gasteiger partial charge in [0.15, 0.2) is 0 Å². The molecule has 0 aromatic carbocycles. The summed E-state index contributed by atoms with van der Waals surface area (Å²) in [5.74, 6) is 0. The second-order valence-electron chi connectivity index (χ2n) is 3.00. The van der Waals surface area contributed by atoms with Crippen LogP contribution in [0.5, 0.6) is 0 Å². The van der Waals surface area contributed by atoms with Crippen molar-refractivity contribution in [3.05, 3.63) is 0 Å². The van der Waals surface area contributed by atoms with Crippen molar-refractivity contribution in [3.8, 4) is 0 Å². The van der Waals surface area contributed by atoms with E-state index < -0.39 is 10.3 Å². The van der Waals surface area contributed by atoms with Gasteiger partial charge in [-0.25, -0.2) is 0 Å². The highest BCUT2D eigenvalue weighted by Gasteiger charge is 2.24. The van der Waals surface area contributed by atoms with Crippen LogP contribution in [-0.2, 0) is 10.3 Å². The topological polar surface area (TPSA) is 57.6 Å². The molecule has 0 saturated heterocycles. The molecule has 0 aromatic rings. The molecule has 0 unspecified atom stereocenters. The van der Waals surface area contributed by atoms with Gasteiger partial charge in [-0.2, -0.15) is 12.7 Å². The third-order valence-electron chi connectivity index (χ3n) is 1.28. The zero-order valence-electron chi connectivity index (χ0n) is 7.27. The fourth-order valence-electron chi connectivity index (χ4n) is 1.13. The van der Waals surface area contributed by atoms with Gasteiger partial charge in [0.2, 0.25) is 0 Å². The maximum atomic E-state index is 10.7. The third-order valence-corrected chi connectivity index (χ3v) is 2.66. The van der Waals surface area contributed by atoms with Gasteiger partial charge in [-0.05, 0) is 27.7 Å². The van der Waals surface area contributed by atoms with Gasteiger partial charge >= 0.3 is 10.3 Å². The summed E-state index contributed by atoms with van der Waals surface area (Å²) in [6.07, 6.45) is 0. The van der Waals surface area contributed by atoms with Gasteiger partial charge in [-0.15, -0.1) is 0 Å². The molecule has 0 aliphatic carbocycles. The zero-order valence-corrected chi connectivity index (χ0v) is 8.09. The second-order valence-corrected chi connectivity index (χ2v) is 4.31. The van der Waals surface area contributed by atoms with E-state index in [9.17, 15) is 8.42 Å². The first-order chi connectivity index (χ1) is 4.76. The molecule has 68 valence electrons. The highest BCUT2D eigenvalue weighted by atomic mass is 32.2. The molecule has 0 aliphatic rings. The van der Waals surface area contributed by atoms with Crippen molar-refractivity contribution in [1.82, 2.24) is 4.31 Å². The van der Waals surface area contributed by atoms with Gasteiger partial charge in [0, 0.05) is 12.1 Å². The van der Waals surface area contributed by atoms with E-state index in [2.05, 4.69) is 0 Å². The lowest BCUT2D eigenvalue weighted by molar-refractivity contribution is 0.269. The number of hydrogen-bond acceptors (Lipinski definition) is 2. The Hall–Kier alpha value is -0.130. The quantitative estimate of drug-likeness (QED) is 0.658. The fourth-order valence-corrected chi connectivity index (χ4v) is 2.19. The Morgan fingerprint density at radius 2 is 1.36 bits per heavy atom. The number of hydrogen-bond donors (Lipinski definition) is 1. The molecule has 0 aliphatic heterocycles. The molecule has 0 rings (SSSR count). The molecule has 1 N–H and O–H groups in total. The Morgan fingerprint density at radius 1 is 1.09 bits per heavy atom. The lowest BCUT2D eigenvalue weighted by Gasteiger charge is -2.25. The predicted octanol–water partition coefficient (Wildman–Crippen LogP) is 0.908. The first-order valence-electron chi connectivity index (χ1n) is 3.52. The standard InChI is InChI=1S/C6H15NO3S/c1-5(2)7(6(3)4)11(8,9)10/h5-6H,1-4H3,(H,8,9,10). The van der Waals surface area contributed by atoms with Crippen molar-refractivity contribution in [1.29, 1.82) is 0 Å². The molecule has 4 nitrogen and oxygen atoms in total. The maximum absolute atomic E-state index is 10.7. The van der Waals surface area contributed by atoms with Crippen LogP contribution in [0, 0.1) is 0 Å². The van der Waals surface area contributed by atoms with Crippen LogP contribution in [0.25, 0.3) is 0 Å². The van der Waals surface area contributed by atoms with E-state index in [0.717, 1.165) is 4.31 Å². The third kappa shape index (κ3) is 3.18. The van der Waals surface area contributed by atoms with E-state index in [1.54, 1.807) is 27.7 Å². The van der Waals surface area contributed by atoms with E-state index >= 15 is 0 Å². The minimum absolute atomic E-state index is 0.204. The molecule has 0 atom stereocenters. The molecule has 0 bridgehead atoms. The summed E-state index contributed by atoms with van der Waals surface area (Å²) in [6.45, 7) is 6.86. The lowest BCUT2D eigenvalue weighted by atomic mass is 10.3. The average molecular weight is 181 g/mol. The summed E-state index contributed by atoms with van der Waals surface area (Å²) < 4.78 is 31.2. The second kappa shape index (κ2) is 3.51. The smallest absolute Gasteiger partial charge is 0.273 e. The van der Waals surface area contributed by atoms with Crippen LogP contribution in [0.4, 0.5) is 0 Å². The van der Waals surface area contributed by atoms with Crippen LogP contribution in [0.3, 0.4) is 0 Å². The molecular weight excluding hydrogens is 166 g/mol. The van der Waals surface area contributed by atoms with Crippen molar-refractivity contribution in [2.45, 2.75) is 39.8 Å². The minimum Gasteiger partial charge on any atom is -0.273 e. The van der Waals surface area contributed by atoms with E-state index in [4.69, 9.17) is 4.55 Å². The fraction of sp³-hybridized carbons (Fsp3) is 1.00. The minimum atomic E-state index is -4.03. The molecule has 5 heteroatoms. The Balaban J connectivity index is 4.64. The van der Waals surface area contributed by atoms with E-state index in [-0.39, 0.29) is 12.1 Å². The van der Waals surface area contributed by atoms with Crippen LogP contribution in [0.1, 0.15) is 27.7 Å². The van der Waals surface area contributed by atoms with Gasteiger partial charge in [-0.3, -0.25) is 4.55 Å². The van der Waals surface area contributed by atoms with Crippen molar-refractivity contribution in [2.24, 2.45) is 0 Å². The largest absolute Gasteiger partial charge is 0.336 e. The lowest BCUT2D eigenvalue weighted by Crippen LogP contribution is -2.41. The van der Waals surface area contributed by atoms with Crippen molar-refractivity contribution >= 4 is 10.3 Å². The van der Waals surface area contributed by atoms with Gasteiger partial charge in [-0.1, -0.05) is 0 Å². The van der Waals surface area contributed by atoms with Crippen LogP contribution >= 0.6 is 0 Å². The number of rotatable bonds is 3. The Labute approximate surface area is 68.1 Å². The SMILES string of the molecule is CC(C)N(C(C)C)S(=O)(=O)O. The average Bonchev–Trinajstić information content (AvgIpc) is 1.54. The van der Waals surface area contributed by atoms with Crippen molar-refractivity contribution in [2.75, 3.05) is 0 Å². The highest BCUT2D eigenvalue weighted by Crippen LogP contribution is 2.09. The normalized spacial score (nSPS) is 13.5. The first kappa shape index (κ1) is 10.9. The van der Waals surface area contributed by atoms with Crippen LogP contribution in [0.15, 0.2) is 0 Å². The Kier molecular flexibility index (Phi) is 3.47. The molecule has 0 fully saturated rings. The molecule has 0 heterocycles. The monoisotopic (exact) mass is 181 g/mol. The summed E-state index contributed by atoms with van der Waals surface area (Å²) in [6, 6.07) is -0.407. The van der Waals surface area contributed by atoms with Gasteiger partial charge in [0.25, 0.3) is 0 Å². The summed E-state index contributed by atoms with van der Waals surface area (Å²) in [4.78, 5) is 0. The predicted molar refractivity (Wildman–Crippen MR) is 43.7 cm³/mol. The summed E-state index contributed by atoms with van der Waals surface area (Å²) in [5, 5.41) is 0. The molecule has 0 spiro atoms. The van der Waals surface area contributed by atoms with Gasteiger partial charge < -0.3 is 0 Å². The van der Waals surface area contributed by atoms with Crippen molar-refractivity contribution < 1.29 is 13.0 Å². The van der Waals surface area contributed by atoms with Crippen LogP contribution in [0.2, 0.25) is 0 Å². The van der Waals surface area contributed by atoms with Gasteiger partial charge in [0.05, 0.1) is 0 Å². The first-order valence-corrected chi connectivity index (χ1v) is 4.92.